The first kappa shape index (κ1) is 33.3. The lowest BCUT2D eigenvalue weighted by Crippen LogP contribution is -2.37. The van der Waals surface area contributed by atoms with Crippen LogP contribution >= 0.6 is 23.2 Å². The van der Waals surface area contributed by atoms with Crippen molar-refractivity contribution < 1.29 is 4.74 Å². The van der Waals surface area contributed by atoms with Crippen LogP contribution in [0.15, 0.2) is 72.8 Å². The Morgan fingerprint density at radius 1 is 0.714 bits per heavy atom. The second-order valence-corrected chi connectivity index (χ2v) is 14.8. The monoisotopic (exact) mass is 686 g/mol. The lowest BCUT2D eigenvalue weighted by molar-refractivity contribution is 0.242. The van der Waals surface area contributed by atoms with Gasteiger partial charge in [0.25, 0.3) is 0 Å². The number of benzene rings is 5. The first-order valence-electron chi connectivity index (χ1n) is 17.2. The van der Waals surface area contributed by atoms with Gasteiger partial charge < -0.3 is 14.5 Å². The summed E-state index contributed by atoms with van der Waals surface area (Å²) in [6.45, 7) is 19.1. The molecule has 0 amide bonds. The third-order valence-corrected chi connectivity index (χ3v) is 10.8. The Balaban J connectivity index is 1.56. The van der Waals surface area contributed by atoms with Crippen LogP contribution in [0.25, 0.3) is 23.3 Å². The summed E-state index contributed by atoms with van der Waals surface area (Å²) in [6, 6.07) is 25.9. The summed E-state index contributed by atoms with van der Waals surface area (Å²) in [4.78, 5) is 5.13. The summed E-state index contributed by atoms with van der Waals surface area (Å²) in [7, 11) is 0. The molecule has 2 aliphatic rings. The van der Waals surface area contributed by atoms with E-state index in [0.717, 1.165) is 46.0 Å². The Bertz CT molecular complexity index is 2140. The van der Waals surface area contributed by atoms with Crippen LogP contribution in [0.5, 0.6) is 5.75 Å². The molecule has 5 aromatic rings. The molecule has 3 nitrogen and oxygen atoms in total. The summed E-state index contributed by atoms with van der Waals surface area (Å²) >= 11 is 15.2. The van der Waals surface area contributed by atoms with E-state index in [9.17, 15) is 0 Å². The van der Waals surface area contributed by atoms with Crippen molar-refractivity contribution in [1.82, 2.24) is 0 Å². The first-order valence-corrected chi connectivity index (χ1v) is 18.0. The number of anilines is 2. The number of nitrogens with zero attached hydrogens (tertiary/aromatic N) is 2. The average molecular weight is 688 g/mol. The molecule has 5 heteroatoms. The number of halogens is 2. The predicted octanol–water partition coefficient (Wildman–Crippen LogP) is 10.3. The van der Waals surface area contributed by atoms with Gasteiger partial charge in [0.1, 0.15) is 11.9 Å². The van der Waals surface area contributed by atoms with Gasteiger partial charge in [0.15, 0.2) is 0 Å². The van der Waals surface area contributed by atoms with E-state index in [2.05, 4.69) is 118 Å². The number of ether oxygens (including phenoxy) is 1. The fraction of sp³-hybridized carbons (Fsp3) is 0.273. The van der Waals surface area contributed by atoms with Gasteiger partial charge in [-0.25, -0.2) is 0 Å². The highest BCUT2D eigenvalue weighted by molar-refractivity contribution is 6.43. The Morgan fingerprint density at radius 2 is 1.24 bits per heavy atom. The summed E-state index contributed by atoms with van der Waals surface area (Å²) < 4.78 is 6.23. The molecule has 0 radical (unpaired) electrons. The quantitative estimate of drug-likeness (QED) is 0.173. The largest absolute Gasteiger partial charge is 0.490 e. The minimum absolute atomic E-state index is 0.0409. The van der Waals surface area contributed by atoms with Gasteiger partial charge in [-0.3, -0.25) is 0 Å². The van der Waals surface area contributed by atoms with Crippen LogP contribution in [0, 0.1) is 41.5 Å². The molecule has 0 aromatic heterocycles. The number of rotatable bonds is 6. The summed E-state index contributed by atoms with van der Waals surface area (Å²) in [5, 5.41) is 3.14. The van der Waals surface area contributed by atoms with Crippen LogP contribution in [-0.2, 0) is 0 Å². The highest BCUT2D eigenvalue weighted by Crippen LogP contribution is 2.48. The molecule has 5 aromatic carbocycles. The molecule has 250 valence electrons. The summed E-state index contributed by atoms with van der Waals surface area (Å²) in [5.74, 6) is 0.821. The third kappa shape index (κ3) is 5.81. The lowest BCUT2D eigenvalue weighted by atomic mass is 9.93. The van der Waals surface area contributed by atoms with Crippen molar-refractivity contribution in [2.24, 2.45) is 0 Å². The molecular formula is C44H44Cl2N2O. The minimum Gasteiger partial charge on any atom is -0.490 e. The van der Waals surface area contributed by atoms with Gasteiger partial charge in [0, 0.05) is 40.8 Å². The highest BCUT2D eigenvalue weighted by atomic mass is 35.5. The van der Waals surface area contributed by atoms with Crippen LogP contribution in [0.3, 0.4) is 0 Å². The Hall–Kier alpha value is -4.18. The van der Waals surface area contributed by atoms with Crippen LogP contribution < -0.4 is 25.0 Å². The van der Waals surface area contributed by atoms with E-state index < -0.39 is 0 Å². The van der Waals surface area contributed by atoms with E-state index in [1.54, 1.807) is 0 Å². The number of para-hydroxylation sites is 1. The normalized spacial score (nSPS) is 14.5. The van der Waals surface area contributed by atoms with Gasteiger partial charge in [-0.2, -0.15) is 0 Å². The van der Waals surface area contributed by atoms with Crippen LogP contribution in [0.4, 0.5) is 11.4 Å². The molecule has 0 atom stereocenters. The van der Waals surface area contributed by atoms with Crippen molar-refractivity contribution in [3.63, 3.8) is 0 Å². The maximum atomic E-state index is 7.68. The van der Waals surface area contributed by atoms with Crippen molar-refractivity contribution in [1.29, 1.82) is 0 Å². The maximum absolute atomic E-state index is 7.68. The van der Waals surface area contributed by atoms with E-state index in [0.29, 0.717) is 10.0 Å². The van der Waals surface area contributed by atoms with Crippen molar-refractivity contribution >= 4 is 46.7 Å². The smallest absolute Gasteiger partial charge is 0.130 e. The zero-order valence-electron chi connectivity index (χ0n) is 29.7. The second-order valence-electron chi connectivity index (χ2n) is 14.1. The zero-order chi connectivity index (χ0) is 34.7. The van der Waals surface area contributed by atoms with Crippen LogP contribution in [0.1, 0.15) is 70.1 Å². The molecule has 1 aliphatic heterocycles. The molecule has 0 N–H and O–H groups in total. The molecule has 49 heavy (non-hydrogen) atoms. The zero-order valence-corrected chi connectivity index (χ0v) is 31.2. The topological polar surface area (TPSA) is 15.7 Å². The molecule has 0 spiro atoms. The van der Waals surface area contributed by atoms with E-state index in [4.69, 9.17) is 27.9 Å². The lowest BCUT2D eigenvalue weighted by Gasteiger charge is -2.38. The van der Waals surface area contributed by atoms with Crippen LogP contribution in [0.2, 0.25) is 10.0 Å². The predicted molar refractivity (Wildman–Crippen MR) is 209 cm³/mol. The SMILES string of the molecule is Cc1cc(C)c(N2CCN(c3c(C)cc(C)cc3C)C2c2c(Cl)c(Cl)c(=Cc3ccccc3OC(C)C)c3c2-c2ccccc2C=3)c(C)c1. The second kappa shape index (κ2) is 12.9. The Labute approximate surface area is 301 Å². The number of hydrogen-bond donors (Lipinski definition) is 0. The molecule has 7 rings (SSSR count). The Morgan fingerprint density at radius 3 is 1.82 bits per heavy atom. The number of hydrogen-bond acceptors (Lipinski definition) is 3. The van der Waals surface area contributed by atoms with Crippen molar-refractivity contribution in [3.8, 4) is 16.9 Å². The molecule has 0 saturated carbocycles. The fourth-order valence-corrected chi connectivity index (χ4v) is 8.90. The molecule has 0 bridgehead atoms. The first-order chi connectivity index (χ1) is 23.4. The van der Waals surface area contributed by atoms with Gasteiger partial charge in [0.05, 0.1) is 16.1 Å². The average Bonchev–Trinajstić information content (AvgIpc) is 3.61. The molecule has 1 aliphatic carbocycles. The van der Waals surface area contributed by atoms with Gasteiger partial charge in [0.2, 0.25) is 0 Å². The summed E-state index contributed by atoms with van der Waals surface area (Å²) in [6.07, 6.45) is 4.27. The number of fused-ring (bicyclic) bond motifs is 3. The highest BCUT2D eigenvalue weighted by Gasteiger charge is 2.40. The third-order valence-electron chi connectivity index (χ3n) is 9.88. The molecular weight excluding hydrogens is 643 g/mol. The van der Waals surface area contributed by atoms with Gasteiger partial charge in [-0.05, 0) is 118 Å². The summed E-state index contributed by atoms with van der Waals surface area (Å²) in [5.41, 5.74) is 15.6. The molecule has 0 unspecified atom stereocenters. The van der Waals surface area contributed by atoms with E-state index in [1.165, 1.54) is 55.9 Å². The van der Waals surface area contributed by atoms with E-state index in [-0.39, 0.29) is 12.3 Å². The van der Waals surface area contributed by atoms with Gasteiger partial charge in [-0.15, -0.1) is 0 Å². The van der Waals surface area contributed by atoms with Crippen LogP contribution in [-0.4, -0.2) is 19.2 Å². The van der Waals surface area contributed by atoms with Crippen molar-refractivity contribution in [2.75, 3.05) is 22.9 Å². The van der Waals surface area contributed by atoms with E-state index >= 15 is 0 Å². The number of aryl methyl sites for hydroxylation is 6. The standard InChI is InChI=1S/C44H44Cl2N2O/c1-25(2)49-37-16-12-10-14-33(37)24-36-35-23-32-13-9-11-15-34(32)38(35)39(41(46)40(36)45)44-47(42-28(5)19-26(3)20-29(42)6)17-18-48(44)43-30(7)21-27(4)22-31(43)8/h9-16,19-25,44H,17-18H2,1-8H3. The minimum atomic E-state index is -0.191. The molecule has 1 saturated heterocycles. The molecule has 1 heterocycles. The van der Waals surface area contributed by atoms with Crippen molar-refractivity contribution in [2.45, 2.75) is 67.7 Å². The Kier molecular flexibility index (Phi) is 8.80. The molecule has 1 fully saturated rings. The van der Waals surface area contributed by atoms with Crippen molar-refractivity contribution in [3.05, 3.63) is 143 Å². The van der Waals surface area contributed by atoms with E-state index in [1.807, 2.05) is 32.0 Å². The maximum Gasteiger partial charge on any atom is 0.130 e. The van der Waals surface area contributed by atoms with Gasteiger partial charge in [-0.1, -0.05) is 101 Å². The van der Waals surface area contributed by atoms with Gasteiger partial charge >= 0.3 is 0 Å². The fourth-order valence-electron chi connectivity index (χ4n) is 8.35.